The third-order valence-electron chi connectivity index (χ3n) is 5.45. The van der Waals surface area contributed by atoms with Crippen molar-refractivity contribution >= 4 is 6.21 Å². The van der Waals surface area contributed by atoms with Gasteiger partial charge in [-0.2, -0.15) is 0 Å². The minimum absolute atomic E-state index is 0.625. The Morgan fingerprint density at radius 3 is 2.04 bits per heavy atom. The minimum atomic E-state index is 0.625. The van der Waals surface area contributed by atoms with E-state index in [1.165, 1.54) is 71.7 Å². The molecule has 0 unspecified atom stereocenters. The van der Waals surface area contributed by atoms with Crippen LogP contribution in [0.5, 0.6) is 0 Å². The molecule has 2 aliphatic heterocycles. The van der Waals surface area contributed by atoms with Crippen LogP contribution in [0.15, 0.2) is 17.0 Å². The molecule has 2 aliphatic rings. The van der Waals surface area contributed by atoms with Gasteiger partial charge in [0.15, 0.2) is 0 Å². The monoisotopic (exact) mass is 392 g/mol. The van der Waals surface area contributed by atoms with Crippen molar-refractivity contribution in [1.82, 2.24) is 19.6 Å². The lowest BCUT2D eigenvalue weighted by atomic mass is 10.1. The molecule has 1 saturated heterocycles. The first-order valence-electron chi connectivity index (χ1n) is 11.3. The molecule has 2 heterocycles. The van der Waals surface area contributed by atoms with Crippen LogP contribution in [0.3, 0.4) is 0 Å². The van der Waals surface area contributed by atoms with Crippen molar-refractivity contribution in [3.63, 3.8) is 0 Å². The van der Waals surface area contributed by atoms with Crippen molar-refractivity contribution in [3.8, 4) is 0 Å². The van der Waals surface area contributed by atoms with Crippen LogP contribution in [0.2, 0.25) is 0 Å². The second kappa shape index (κ2) is 12.5. The molecule has 0 aromatic carbocycles. The number of aliphatic imine (C=N–C) groups is 1. The van der Waals surface area contributed by atoms with Gasteiger partial charge in [0.1, 0.15) is 5.82 Å². The number of hydrogen-bond donors (Lipinski definition) is 1. The van der Waals surface area contributed by atoms with E-state index in [0.29, 0.717) is 5.82 Å². The van der Waals surface area contributed by atoms with Crippen LogP contribution < -0.4 is 5.73 Å². The molecule has 2 rings (SSSR count). The summed E-state index contributed by atoms with van der Waals surface area (Å²) in [5.41, 5.74) is 5.76. The molecule has 0 bridgehead atoms. The van der Waals surface area contributed by atoms with Crippen LogP contribution in [0, 0.1) is 11.8 Å². The summed E-state index contributed by atoms with van der Waals surface area (Å²) in [7, 11) is 0. The summed E-state index contributed by atoms with van der Waals surface area (Å²) in [5, 5.41) is 0. The zero-order valence-corrected chi connectivity index (χ0v) is 18.8. The topological polar surface area (TPSA) is 51.3 Å². The minimum Gasteiger partial charge on any atom is -0.383 e. The number of hydrogen-bond acceptors (Lipinski definition) is 6. The van der Waals surface area contributed by atoms with E-state index < -0.39 is 0 Å². The van der Waals surface area contributed by atoms with Gasteiger partial charge in [0.25, 0.3) is 0 Å². The SMILES string of the molecule is CC(C)CN(CCCN1CCN(CCCN2C=C(N)N=CC2)CC1)CC(C)C. The third kappa shape index (κ3) is 9.39. The van der Waals surface area contributed by atoms with Gasteiger partial charge in [-0.1, -0.05) is 27.7 Å². The Hall–Kier alpha value is -1.11. The van der Waals surface area contributed by atoms with Gasteiger partial charge in [0.2, 0.25) is 0 Å². The van der Waals surface area contributed by atoms with Gasteiger partial charge in [-0.3, -0.25) is 0 Å². The molecule has 6 heteroatoms. The quantitative estimate of drug-likeness (QED) is 0.551. The van der Waals surface area contributed by atoms with E-state index in [2.05, 4.69) is 52.3 Å². The van der Waals surface area contributed by atoms with Gasteiger partial charge in [-0.15, -0.1) is 0 Å². The van der Waals surface area contributed by atoms with Gasteiger partial charge in [-0.25, -0.2) is 4.99 Å². The number of nitrogens with zero attached hydrogens (tertiary/aromatic N) is 5. The summed E-state index contributed by atoms with van der Waals surface area (Å²) in [6, 6.07) is 0. The molecular formula is C22H44N6. The highest BCUT2D eigenvalue weighted by atomic mass is 15.3. The molecule has 0 aromatic heterocycles. The van der Waals surface area contributed by atoms with E-state index in [9.17, 15) is 0 Å². The maximum Gasteiger partial charge on any atom is 0.139 e. The molecule has 0 saturated carbocycles. The van der Waals surface area contributed by atoms with Crippen LogP contribution in [-0.2, 0) is 0 Å². The maximum atomic E-state index is 5.76. The molecule has 0 spiro atoms. The van der Waals surface area contributed by atoms with E-state index in [-0.39, 0.29) is 0 Å². The summed E-state index contributed by atoms with van der Waals surface area (Å²) in [5.74, 6) is 2.14. The van der Waals surface area contributed by atoms with Crippen LogP contribution in [0.1, 0.15) is 40.5 Å². The van der Waals surface area contributed by atoms with E-state index in [4.69, 9.17) is 5.73 Å². The second-order valence-electron chi connectivity index (χ2n) is 9.30. The predicted molar refractivity (Wildman–Crippen MR) is 121 cm³/mol. The van der Waals surface area contributed by atoms with Gasteiger partial charge in [0, 0.05) is 58.2 Å². The Morgan fingerprint density at radius 1 is 0.929 bits per heavy atom. The standard InChI is InChI=1S/C22H44N6/c1-20(2)17-28(18-21(3)4)11-6-9-26-15-13-25(14-16-26)8-5-10-27-12-7-24-22(23)19-27/h7,19-21H,5-6,8-18,23H2,1-4H3. The average molecular weight is 393 g/mol. The van der Waals surface area contributed by atoms with Crippen LogP contribution in [-0.4, -0.2) is 97.8 Å². The molecule has 0 amide bonds. The molecule has 162 valence electrons. The number of rotatable bonds is 12. The molecule has 0 aliphatic carbocycles. The fraction of sp³-hybridized carbons (Fsp3) is 0.864. The zero-order valence-electron chi connectivity index (χ0n) is 18.8. The lowest BCUT2D eigenvalue weighted by Gasteiger charge is -2.35. The third-order valence-corrected chi connectivity index (χ3v) is 5.45. The van der Waals surface area contributed by atoms with E-state index in [0.717, 1.165) is 24.9 Å². The van der Waals surface area contributed by atoms with E-state index in [1.54, 1.807) is 0 Å². The Labute approximate surface area is 173 Å². The van der Waals surface area contributed by atoms with Crippen molar-refractivity contribution in [1.29, 1.82) is 0 Å². The maximum absolute atomic E-state index is 5.76. The number of nitrogens with two attached hydrogens (primary N) is 1. The van der Waals surface area contributed by atoms with Crippen LogP contribution in [0.4, 0.5) is 0 Å². The highest BCUT2D eigenvalue weighted by molar-refractivity contribution is 5.62. The molecule has 0 atom stereocenters. The van der Waals surface area contributed by atoms with Crippen molar-refractivity contribution < 1.29 is 0 Å². The lowest BCUT2D eigenvalue weighted by Crippen LogP contribution is -2.47. The average Bonchev–Trinajstić information content (AvgIpc) is 2.62. The Kier molecular flexibility index (Phi) is 10.3. The van der Waals surface area contributed by atoms with Crippen molar-refractivity contribution in [2.24, 2.45) is 22.6 Å². The summed E-state index contributed by atoms with van der Waals surface area (Å²) in [4.78, 5) is 14.3. The molecule has 6 nitrogen and oxygen atoms in total. The fourth-order valence-corrected chi connectivity index (χ4v) is 4.22. The van der Waals surface area contributed by atoms with Crippen LogP contribution in [0.25, 0.3) is 0 Å². The molecule has 28 heavy (non-hydrogen) atoms. The Morgan fingerprint density at radius 2 is 1.50 bits per heavy atom. The predicted octanol–water partition coefficient (Wildman–Crippen LogP) is 2.14. The van der Waals surface area contributed by atoms with Gasteiger partial charge >= 0.3 is 0 Å². The highest BCUT2D eigenvalue weighted by Crippen LogP contribution is 2.08. The molecule has 0 radical (unpaired) electrons. The van der Waals surface area contributed by atoms with E-state index >= 15 is 0 Å². The van der Waals surface area contributed by atoms with Crippen molar-refractivity contribution in [2.45, 2.75) is 40.5 Å². The van der Waals surface area contributed by atoms with Gasteiger partial charge < -0.3 is 25.3 Å². The van der Waals surface area contributed by atoms with Gasteiger partial charge in [0.05, 0.1) is 6.54 Å². The summed E-state index contributed by atoms with van der Waals surface area (Å²) in [6.45, 7) is 22.3. The van der Waals surface area contributed by atoms with Gasteiger partial charge in [-0.05, 0) is 44.3 Å². The smallest absolute Gasteiger partial charge is 0.139 e. The first kappa shape index (κ1) is 23.2. The molecular weight excluding hydrogens is 348 g/mol. The summed E-state index contributed by atoms with van der Waals surface area (Å²) >= 11 is 0. The number of piperazine rings is 1. The Balaban J connectivity index is 1.55. The van der Waals surface area contributed by atoms with E-state index in [1.807, 2.05) is 12.4 Å². The molecule has 1 fully saturated rings. The highest BCUT2D eigenvalue weighted by Gasteiger charge is 2.17. The summed E-state index contributed by atoms with van der Waals surface area (Å²) in [6.07, 6.45) is 6.36. The Bertz CT molecular complexity index is 469. The normalized spacial score (nSPS) is 19.2. The lowest BCUT2D eigenvalue weighted by molar-refractivity contribution is 0.121. The molecule has 2 N–H and O–H groups in total. The van der Waals surface area contributed by atoms with Crippen LogP contribution >= 0.6 is 0 Å². The zero-order chi connectivity index (χ0) is 20.4. The second-order valence-corrected chi connectivity index (χ2v) is 9.30. The summed E-state index contributed by atoms with van der Waals surface area (Å²) < 4.78 is 0. The first-order chi connectivity index (χ1) is 13.4. The first-order valence-corrected chi connectivity index (χ1v) is 11.3. The fourth-order valence-electron chi connectivity index (χ4n) is 4.22. The largest absolute Gasteiger partial charge is 0.383 e. The van der Waals surface area contributed by atoms with Crippen molar-refractivity contribution in [2.75, 3.05) is 72.0 Å². The van der Waals surface area contributed by atoms with Crippen molar-refractivity contribution in [3.05, 3.63) is 12.0 Å². The molecule has 0 aromatic rings.